The molecule has 1 aliphatic heterocycles. The number of methoxy groups -OCH3 is 1. The van der Waals surface area contributed by atoms with Crippen molar-refractivity contribution in [2.24, 2.45) is 0 Å². The fourth-order valence-electron chi connectivity index (χ4n) is 5.81. The van der Waals surface area contributed by atoms with E-state index in [2.05, 4.69) is 0 Å². The Balaban J connectivity index is 1.69. The maximum atomic E-state index is 13.6. The van der Waals surface area contributed by atoms with Crippen LogP contribution in [-0.2, 0) is 16.9 Å². The molecule has 218 valence electrons. The van der Waals surface area contributed by atoms with Crippen LogP contribution in [0.1, 0.15) is 56.3 Å². The van der Waals surface area contributed by atoms with Crippen LogP contribution in [0.5, 0.6) is 11.5 Å². The molecule has 0 aliphatic carbocycles. The van der Waals surface area contributed by atoms with Crippen LogP contribution in [-0.4, -0.2) is 35.4 Å². The van der Waals surface area contributed by atoms with Crippen LogP contribution < -0.4 is 9.47 Å². The van der Waals surface area contributed by atoms with Crippen molar-refractivity contribution in [1.82, 2.24) is 4.90 Å². The summed E-state index contributed by atoms with van der Waals surface area (Å²) in [5, 5.41) is 12.9. The lowest BCUT2D eigenvalue weighted by Gasteiger charge is -2.48. The van der Waals surface area contributed by atoms with Gasteiger partial charge in [0.05, 0.1) is 13.2 Å². The Kier molecular flexibility index (Phi) is 8.55. The normalized spacial score (nSPS) is 18.8. The highest BCUT2D eigenvalue weighted by molar-refractivity contribution is 5.80. The molecule has 1 saturated heterocycles. The first-order chi connectivity index (χ1) is 20.2. The van der Waals surface area contributed by atoms with Gasteiger partial charge in [0.2, 0.25) is 0 Å². The first-order valence-electron chi connectivity index (χ1n) is 14.4. The number of hydrogen-bond acceptors (Lipinski definition) is 5. The average Bonchev–Trinajstić information content (AvgIpc) is 2.99. The average molecular weight is 566 g/mol. The zero-order chi connectivity index (χ0) is 29.7. The van der Waals surface area contributed by atoms with E-state index in [1.807, 2.05) is 124 Å². The summed E-state index contributed by atoms with van der Waals surface area (Å²) in [6.07, 6.45) is 0.584. The Morgan fingerprint density at radius 3 is 2.21 bits per heavy atom. The van der Waals surface area contributed by atoms with Gasteiger partial charge in [-0.3, -0.25) is 4.90 Å². The van der Waals surface area contributed by atoms with Crippen LogP contribution in [0.25, 0.3) is 11.1 Å². The summed E-state index contributed by atoms with van der Waals surface area (Å²) in [5.41, 5.74) is 1.92. The lowest BCUT2D eigenvalue weighted by molar-refractivity contribution is -0.0908. The van der Waals surface area contributed by atoms with E-state index in [1.54, 1.807) is 12.0 Å². The summed E-state index contributed by atoms with van der Waals surface area (Å²) in [6, 6.07) is 32.5. The summed E-state index contributed by atoms with van der Waals surface area (Å²) in [4.78, 5) is 15.3. The van der Waals surface area contributed by atoms with Crippen LogP contribution in [0.2, 0.25) is 0 Å². The van der Waals surface area contributed by atoms with Gasteiger partial charge in [-0.25, -0.2) is 4.79 Å². The lowest BCUT2D eigenvalue weighted by Crippen LogP contribution is -2.52. The molecule has 2 unspecified atom stereocenters. The Hall–Kier alpha value is -4.29. The summed E-state index contributed by atoms with van der Waals surface area (Å²) in [6.45, 7) is 6.38. The molecule has 1 fully saturated rings. The van der Waals surface area contributed by atoms with E-state index in [4.69, 9.17) is 14.2 Å². The Labute approximate surface area is 248 Å². The number of benzene rings is 4. The van der Waals surface area contributed by atoms with Crippen LogP contribution in [0, 0.1) is 0 Å². The van der Waals surface area contributed by atoms with Crippen LogP contribution in [0.3, 0.4) is 0 Å². The molecule has 0 radical (unpaired) electrons. The predicted molar refractivity (Wildman–Crippen MR) is 164 cm³/mol. The molecule has 4 aromatic carbocycles. The second kappa shape index (κ2) is 12.3. The molecule has 0 spiro atoms. The SMILES string of the molecule is COc1ccccc1-c1c(OCc2ccccc2)cccc1C1(O)CCCN(C(=O)OC(C)(C)C)C1c1ccccc1. The van der Waals surface area contributed by atoms with Gasteiger partial charge in [-0.1, -0.05) is 91.0 Å². The molecule has 2 atom stereocenters. The van der Waals surface area contributed by atoms with Crippen molar-refractivity contribution in [2.75, 3.05) is 13.7 Å². The largest absolute Gasteiger partial charge is 0.496 e. The van der Waals surface area contributed by atoms with E-state index in [1.165, 1.54) is 0 Å². The van der Waals surface area contributed by atoms with Crippen LogP contribution >= 0.6 is 0 Å². The number of amides is 1. The third-order valence-electron chi connectivity index (χ3n) is 7.57. The first kappa shape index (κ1) is 29.2. The quantitative estimate of drug-likeness (QED) is 0.247. The van der Waals surface area contributed by atoms with Crippen molar-refractivity contribution in [1.29, 1.82) is 0 Å². The number of ether oxygens (including phenoxy) is 3. The minimum absolute atomic E-state index is 0.358. The third kappa shape index (κ3) is 6.14. The Bertz CT molecular complexity index is 1500. The number of aliphatic hydroxyl groups is 1. The molecule has 42 heavy (non-hydrogen) atoms. The number of piperidine rings is 1. The number of likely N-dealkylation sites (tertiary alicyclic amines) is 1. The first-order valence-corrected chi connectivity index (χ1v) is 14.4. The number of hydrogen-bond donors (Lipinski definition) is 1. The minimum Gasteiger partial charge on any atom is -0.496 e. The summed E-state index contributed by atoms with van der Waals surface area (Å²) >= 11 is 0. The van der Waals surface area contributed by atoms with Crippen molar-refractivity contribution < 1.29 is 24.1 Å². The molecule has 1 amide bonds. The van der Waals surface area contributed by atoms with E-state index >= 15 is 0 Å². The number of carbonyl (C=O) groups excluding carboxylic acids is 1. The van der Waals surface area contributed by atoms with Crippen LogP contribution in [0.4, 0.5) is 4.79 Å². The highest BCUT2D eigenvalue weighted by atomic mass is 16.6. The van der Waals surface area contributed by atoms with Crippen molar-refractivity contribution in [2.45, 2.75) is 57.5 Å². The fourth-order valence-corrected chi connectivity index (χ4v) is 5.81. The second-order valence-corrected chi connectivity index (χ2v) is 11.7. The molecule has 1 N–H and O–H groups in total. The Morgan fingerprint density at radius 2 is 1.52 bits per heavy atom. The van der Waals surface area contributed by atoms with Crippen molar-refractivity contribution in [3.8, 4) is 22.6 Å². The molecular formula is C36H39NO5. The number of carbonyl (C=O) groups is 1. The van der Waals surface area contributed by atoms with E-state index < -0.39 is 23.3 Å². The van der Waals surface area contributed by atoms with Gasteiger partial charge in [-0.2, -0.15) is 0 Å². The van der Waals surface area contributed by atoms with E-state index in [0.717, 1.165) is 22.3 Å². The van der Waals surface area contributed by atoms with E-state index in [-0.39, 0.29) is 0 Å². The summed E-state index contributed by atoms with van der Waals surface area (Å²) in [7, 11) is 1.64. The van der Waals surface area contributed by atoms with Crippen molar-refractivity contribution in [3.05, 3.63) is 120 Å². The maximum absolute atomic E-state index is 13.6. The van der Waals surface area contributed by atoms with Gasteiger partial charge in [0.25, 0.3) is 0 Å². The molecule has 0 bridgehead atoms. The van der Waals surface area contributed by atoms with Gasteiger partial charge < -0.3 is 19.3 Å². The molecule has 4 aromatic rings. The third-order valence-corrected chi connectivity index (χ3v) is 7.57. The summed E-state index contributed by atoms with van der Waals surface area (Å²) < 4.78 is 18.1. The minimum atomic E-state index is -1.46. The molecular weight excluding hydrogens is 526 g/mol. The second-order valence-electron chi connectivity index (χ2n) is 11.7. The zero-order valence-corrected chi connectivity index (χ0v) is 24.7. The van der Waals surface area contributed by atoms with Gasteiger partial charge in [-0.15, -0.1) is 0 Å². The van der Waals surface area contributed by atoms with E-state index in [0.29, 0.717) is 43.1 Å². The molecule has 1 aliphatic rings. The maximum Gasteiger partial charge on any atom is 0.410 e. The molecule has 0 aromatic heterocycles. The summed E-state index contributed by atoms with van der Waals surface area (Å²) in [5.74, 6) is 1.28. The molecule has 5 rings (SSSR count). The fraction of sp³-hybridized carbons (Fsp3) is 0.306. The standard InChI is InChI=1S/C36H39NO5/c1-35(2,3)42-34(38)37-24-14-23-36(39,33(37)27-17-9-6-10-18-27)29-20-13-22-31(41-25-26-15-7-5-8-16-26)32(29)28-19-11-12-21-30(28)40-4/h5-13,15-22,33,39H,14,23-25H2,1-4H3. The molecule has 1 heterocycles. The molecule has 6 nitrogen and oxygen atoms in total. The number of rotatable bonds is 7. The molecule has 0 saturated carbocycles. The predicted octanol–water partition coefficient (Wildman–Crippen LogP) is 7.90. The van der Waals surface area contributed by atoms with Gasteiger partial charge >= 0.3 is 6.09 Å². The van der Waals surface area contributed by atoms with Gasteiger partial charge in [0.1, 0.15) is 29.3 Å². The number of nitrogens with zero attached hydrogens (tertiary/aromatic N) is 1. The van der Waals surface area contributed by atoms with E-state index in [9.17, 15) is 9.90 Å². The lowest BCUT2D eigenvalue weighted by atomic mass is 9.73. The van der Waals surface area contributed by atoms with Crippen molar-refractivity contribution in [3.63, 3.8) is 0 Å². The highest BCUT2D eigenvalue weighted by Crippen LogP contribution is 2.52. The van der Waals surface area contributed by atoms with Gasteiger partial charge in [0, 0.05) is 17.7 Å². The van der Waals surface area contributed by atoms with Gasteiger partial charge in [0.15, 0.2) is 0 Å². The smallest absolute Gasteiger partial charge is 0.410 e. The topological polar surface area (TPSA) is 68.2 Å². The van der Waals surface area contributed by atoms with Gasteiger partial charge in [-0.05, 0) is 62.4 Å². The Morgan fingerprint density at radius 1 is 0.881 bits per heavy atom. The molecule has 6 heteroatoms. The monoisotopic (exact) mass is 565 g/mol. The number of para-hydroxylation sites is 1. The zero-order valence-electron chi connectivity index (χ0n) is 24.7. The highest BCUT2D eigenvalue weighted by Gasteiger charge is 2.49. The van der Waals surface area contributed by atoms with Crippen molar-refractivity contribution >= 4 is 6.09 Å². The van der Waals surface area contributed by atoms with Crippen LogP contribution in [0.15, 0.2) is 103 Å².